The molecule has 2 aromatic rings. The predicted molar refractivity (Wildman–Crippen MR) is 72.6 cm³/mol. The fraction of sp³-hybridized carbons (Fsp3) is 0.231. The molecule has 1 aromatic heterocycles. The molecule has 100 valence electrons. The van der Waals surface area contributed by atoms with Gasteiger partial charge in [-0.1, -0.05) is 18.2 Å². The number of fused-ring (bicyclic) bond motifs is 1. The Labute approximate surface area is 113 Å². The van der Waals surface area contributed by atoms with Crippen LogP contribution in [0.3, 0.4) is 0 Å². The molecule has 0 aliphatic rings. The van der Waals surface area contributed by atoms with E-state index in [1.807, 2.05) is 24.3 Å². The quantitative estimate of drug-likeness (QED) is 0.874. The lowest BCUT2D eigenvalue weighted by Gasteiger charge is -2.10. The molecule has 2 rings (SSSR count). The number of thiophene rings is 1. The molecule has 0 radical (unpaired) electrons. The molecule has 0 aliphatic heterocycles. The number of nitrogens with one attached hydrogen (secondary N) is 1. The minimum atomic E-state index is -1.10. The van der Waals surface area contributed by atoms with E-state index in [4.69, 9.17) is 9.84 Å². The number of aliphatic carboxylic acids is 1. The van der Waals surface area contributed by atoms with Crippen molar-refractivity contribution in [1.29, 1.82) is 0 Å². The first-order valence-corrected chi connectivity index (χ1v) is 6.46. The van der Waals surface area contributed by atoms with E-state index in [2.05, 4.69) is 5.32 Å². The molecule has 1 heterocycles. The fourth-order valence-corrected chi connectivity index (χ4v) is 2.62. The Morgan fingerprint density at radius 1 is 1.42 bits per heavy atom. The normalized spacial score (nSPS) is 12.3. The van der Waals surface area contributed by atoms with E-state index >= 15 is 0 Å². The van der Waals surface area contributed by atoms with E-state index in [-0.39, 0.29) is 12.5 Å². The molecule has 1 aromatic carbocycles. The van der Waals surface area contributed by atoms with Gasteiger partial charge in [-0.2, -0.15) is 0 Å². The Morgan fingerprint density at radius 2 is 2.16 bits per heavy atom. The van der Waals surface area contributed by atoms with Gasteiger partial charge in [-0.15, -0.1) is 11.3 Å². The van der Waals surface area contributed by atoms with Crippen LogP contribution in [-0.4, -0.2) is 36.7 Å². The Balaban J connectivity index is 2.05. The highest BCUT2D eigenvalue weighted by Gasteiger charge is 2.18. The summed E-state index contributed by atoms with van der Waals surface area (Å²) in [6, 6.07) is 9.47. The lowest BCUT2D eigenvalue weighted by molar-refractivity contribution is -0.147. The highest BCUT2D eigenvalue weighted by atomic mass is 32.1. The number of carbonyl (C=O) groups is 2. The van der Waals surface area contributed by atoms with E-state index in [1.54, 1.807) is 6.07 Å². The third kappa shape index (κ3) is 3.10. The van der Waals surface area contributed by atoms with E-state index in [1.165, 1.54) is 18.4 Å². The summed E-state index contributed by atoms with van der Waals surface area (Å²) in [4.78, 5) is 23.2. The van der Waals surface area contributed by atoms with Gasteiger partial charge in [0, 0.05) is 11.8 Å². The topological polar surface area (TPSA) is 75.6 Å². The minimum Gasteiger partial charge on any atom is -0.479 e. The maximum absolute atomic E-state index is 11.9. The predicted octanol–water partition coefficient (Wildman–Crippen LogP) is 1.73. The van der Waals surface area contributed by atoms with Crippen LogP contribution in [0, 0.1) is 0 Å². The lowest BCUT2D eigenvalue weighted by Crippen LogP contribution is -2.37. The third-order valence-electron chi connectivity index (χ3n) is 2.66. The highest BCUT2D eigenvalue weighted by molar-refractivity contribution is 7.20. The van der Waals surface area contributed by atoms with Gasteiger partial charge in [-0.25, -0.2) is 4.79 Å². The molecule has 0 saturated carbocycles. The zero-order valence-electron chi connectivity index (χ0n) is 10.3. The van der Waals surface area contributed by atoms with Crippen LogP contribution in [0.1, 0.15) is 9.67 Å². The monoisotopic (exact) mass is 279 g/mol. The first-order valence-electron chi connectivity index (χ1n) is 5.64. The average Bonchev–Trinajstić information content (AvgIpc) is 2.82. The van der Waals surface area contributed by atoms with Crippen molar-refractivity contribution in [3.05, 3.63) is 35.2 Å². The number of hydrogen-bond donors (Lipinski definition) is 2. The van der Waals surface area contributed by atoms with Crippen LogP contribution in [-0.2, 0) is 9.53 Å². The summed E-state index contributed by atoms with van der Waals surface area (Å²) in [5, 5.41) is 12.4. The van der Waals surface area contributed by atoms with Crippen LogP contribution in [0.15, 0.2) is 30.3 Å². The molecule has 0 bridgehead atoms. The maximum atomic E-state index is 11.9. The van der Waals surface area contributed by atoms with Gasteiger partial charge in [-0.3, -0.25) is 4.79 Å². The summed E-state index contributed by atoms with van der Waals surface area (Å²) in [6.45, 7) is -0.0566. The van der Waals surface area contributed by atoms with Crippen molar-refractivity contribution >= 4 is 33.3 Å². The summed E-state index contributed by atoms with van der Waals surface area (Å²) in [5.41, 5.74) is 0. The molecule has 0 saturated heterocycles. The van der Waals surface area contributed by atoms with Gasteiger partial charge >= 0.3 is 5.97 Å². The summed E-state index contributed by atoms with van der Waals surface area (Å²) in [5.74, 6) is -1.39. The van der Waals surface area contributed by atoms with Crippen molar-refractivity contribution in [2.24, 2.45) is 0 Å². The third-order valence-corrected chi connectivity index (χ3v) is 3.77. The molecule has 1 amide bonds. The van der Waals surface area contributed by atoms with Crippen LogP contribution < -0.4 is 5.32 Å². The van der Waals surface area contributed by atoms with Crippen molar-refractivity contribution < 1.29 is 19.4 Å². The van der Waals surface area contributed by atoms with Gasteiger partial charge in [0.05, 0.1) is 11.4 Å². The number of carboxylic acid groups (broad SMARTS) is 1. The fourth-order valence-electron chi connectivity index (χ4n) is 1.64. The highest BCUT2D eigenvalue weighted by Crippen LogP contribution is 2.24. The number of amides is 1. The SMILES string of the molecule is COC(CNC(=O)c1cc2ccccc2s1)C(=O)O. The van der Waals surface area contributed by atoms with Gasteiger partial charge in [-0.05, 0) is 17.5 Å². The molecule has 0 aliphatic carbocycles. The summed E-state index contributed by atoms with van der Waals surface area (Å²) in [6.07, 6.45) is -1.03. The molecule has 2 N–H and O–H groups in total. The Kier molecular flexibility index (Phi) is 4.13. The lowest BCUT2D eigenvalue weighted by atomic mass is 10.2. The van der Waals surface area contributed by atoms with Gasteiger partial charge < -0.3 is 15.2 Å². The molecule has 6 heteroatoms. The van der Waals surface area contributed by atoms with Crippen LogP contribution in [0.4, 0.5) is 0 Å². The van der Waals surface area contributed by atoms with Crippen LogP contribution in [0.25, 0.3) is 10.1 Å². The van der Waals surface area contributed by atoms with Crippen molar-refractivity contribution in [1.82, 2.24) is 5.32 Å². The number of carboxylic acids is 1. The second-order valence-corrected chi connectivity index (χ2v) is 5.00. The van der Waals surface area contributed by atoms with Crippen molar-refractivity contribution in [2.75, 3.05) is 13.7 Å². The number of ether oxygens (including phenoxy) is 1. The summed E-state index contributed by atoms with van der Waals surface area (Å²) >= 11 is 1.37. The van der Waals surface area contributed by atoms with Crippen LogP contribution >= 0.6 is 11.3 Å². The van der Waals surface area contributed by atoms with E-state index < -0.39 is 12.1 Å². The van der Waals surface area contributed by atoms with Gasteiger partial charge in [0.25, 0.3) is 5.91 Å². The van der Waals surface area contributed by atoms with E-state index in [0.717, 1.165) is 10.1 Å². The zero-order valence-corrected chi connectivity index (χ0v) is 11.1. The molecule has 19 heavy (non-hydrogen) atoms. The first-order chi connectivity index (χ1) is 9.11. The van der Waals surface area contributed by atoms with E-state index in [0.29, 0.717) is 4.88 Å². The second kappa shape index (κ2) is 5.81. The Hall–Kier alpha value is -1.92. The molecule has 1 unspecified atom stereocenters. The maximum Gasteiger partial charge on any atom is 0.334 e. The van der Waals surface area contributed by atoms with Crippen molar-refractivity contribution in [2.45, 2.75) is 6.10 Å². The Bertz CT molecular complexity index is 574. The number of carbonyl (C=O) groups excluding carboxylic acids is 1. The first kappa shape index (κ1) is 13.5. The molecule has 0 spiro atoms. The number of benzene rings is 1. The average molecular weight is 279 g/mol. The molecular weight excluding hydrogens is 266 g/mol. The van der Waals surface area contributed by atoms with Gasteiger partial charge in [0.1, 0.15) is 0 Å². The number of rotatable bonds is 5. The van der Waals surface area contributed by atoms with Crippen molar-refractivity contribution in [3.63, 3.8) is 0 Å². The number of hydrogen-bond acceptors (Lipinski definition) is 4. The minimum absolute atomic E-state index is 0.0566. The van der Waals surface area contributed by atoms with Crippen LogP contribution in [0.5, 0.6) is 0 Å². The molecule has 0 fully saturated rings. The Morgan fingerprint density at radius 3 is 2.79 bits per heavy atom. The standard InChI is InChI=1S/C13H13NO4S/c1-18-9(13(16)17)7-14-12(15)11-6-8-4-2-3-5-10(8)19-11/h2-6,9H,7H2,1H3,(H,14,15)(H,16,17). The smallest absolute Gasteiger partial charge is 0.334 e. The molecular formula is C13H13NO4S. The summed E-state index contributed by atoms with van der Waals surface area (Å²) in [7, 11) is 1.30. The summed E-state index contributed by atoms with van der Waals surface area (Å²) < 4.78 is 5.77. The molecule has 1 atom stereocenters. The van der Waals surface area contributed by atoms with E-state index in [9.17, 15) is 9.59 Å². The van der Waals surface area contributed by atoms with Gasteiger partial charge in [0.2, 0.25) is 0 Å². The zero-order chi connectivity index (χ0) is 13.8. The number of methoxy groups -OCH3 is 1. The molecule has 5 nitrogen and oxygen atoms in total. The van der Waals surface area contributed by atoms with Crippen LogP contribution in [0.2, 0.25) is 0 Å². The second-order valence-electron chi connectivity index (χ2n) is 3.92. The van der Waals surface area contributed by atoms with Crippen molar-refractivity contribution in [3.8, 4) is 0 Å². The largest absolute Gasteiger partial charge is 0.479 e. The van der Waals surface area contributed by atoms with Gasteiger partial charge in [0.15, 0.2) is 6.10 Å².